The first-order valence-corrected chi connectivity index (χ1v) is 14.5. The number of anilines is 2. The van der Waals surface area contributed by atoms with Crippen LogP contribution in [0.5, 0.6) is 0 Å². The second-order valence-corrected chi connectivity index (χ2v) is 10.7. The number of aromatic nitrogens is 3. The molecule has 1 aliphatic heterocycles. The van der Waals surface area contributed by atoms with Crippen LogP contribution in [0, 0.1) is 5.82 Å². The van der Waals surface area contributed by atoms with Gasteiger partial charge in [-0.25, -0.2) is 14.4 Å². The van der Waals surface area contributed by atoms with E-state index in [0.29, 0.717) is 45.0 Å². The summed E-state index contributed by atoms with van der Waals surface area (Å²) < 4.78 is 30.5. The summed E-state index contributed by atoms with van der Waals surface area (Å²) in [5.41, 5.74) is 2.97. The fraction of sp³-hybridized carbons (Fsp3) is 0.312. The van der Waals surface area contributed by atoms with Crippen LogP contribution in [0.3, 0.4) is 0 Å². The zero-order chi connectivity index (χ0) is 29.8. The predicted molar refractivity (Wildman–Crippen MR) is 166 cm³/mol. The van der Waals surface area contributed by atoms with Crippen LogP contribution >= 0.6 is 11.6 Å². The Kier molecular flexibility index (Phi) is 9.09. The first-order chi connectivity index (χ1) is 20.3. The molecule has 0 spiro atoms. The zero-order valence-electron chi connectivity index (χ0n) is 23.7. The van der Waals surface area contributed by atoms with E-state index in [1.807, 2.05) is 19.1 Å². The molecule has 0 saturated carbocycles. The molecule has 5 rings (SSSR count). The van der Waals surface area contributed by atoms with Crippen molar-refractivity contribution in [3.05, 3.63) is 93.8 Å². The molecule has 2 aromatic heterocycles. The summed E-state index contributed by atoms with van der Waals surface area (Å²) in [5, 5.41) is 4.04. The van der Waals surface area contributed by atoms with Gasteiger partial charge in [-0.05, 0) is 80.7 Å². The van der Waals surface area contributed by atoms with Gasteiger partial charge in [-0.15, -0.1) is 0 Å². The predicted octanol–water partition coefficient (Wildman–Crippen LogP) is 7.27. The topological polar surface area (TPSA) is 75.4 Å². The van der Waals surface area contributed by atoms with Crippen molar-refractivity contribution in [1.82, 2.24) is 19.4 Å². The molecule has 1 saturated heterocycles. The lowest BCUT2D eigenvalue weighted by atomic mass is 9.89. The molecule has 1 aliphatic rings. The maximum absolute atomic E-state index is 15.1. The highest BCUT2D eigenvalue weighted by atomic mass is 35.5. The van der Waals surface area contributed by atoms with Crippen molar-refractivity contribution in [2.75, 3.05) is 25.0 Å². The van der Waals surface area contributed by atoms with E-state index >= 15 is 4.39 Å². The Bertz CT molecular complexity index is 1710. The molecule has 42 heavy (non-hydrogen) atoms. The minimum Gasteiger partial charge on any atom is -0.324 e. The molecule has 3 heterocycles. The van der Waals surface area contributed by atoms with E-state index in [2.05, 4.69) is 38.7 Å². The van der Waals surface area contributed by atoms with Crippen LogP contribution in [0.4, 0.5) is 20.4 Å². The van der Waals surface area contributed by atoms with Gasteiger partial charge in [0.2, 0.25) is 5.95 Å². The Morgan fingerprint density at radius 1 is 1.14 bits per heavy atom. The van der Waals surface area contributed by atoms with Crippen LogP contribution in [0.15, 0.2) is 71.2 Å². The van der Waals surface area contributed by atoms with Crippen LogP contribution in [0.1, 0.15) is 43.7 Å². The number of benzene rings is 2. The molecular formula is C32H33ClF2N6O. The molecule has 0 amide bonds. The van der Waals surface area contributed by atoms with Crippen molar-refractivity contribution in [1.29, 1.82) is 0 Å². The monoisotopic (exact) mass is 590 g/mol. The number of rotatable bonds is 9. The molecular weight excluding hydrogens is 558 g/mol. The lowest BCUT2D eigenvalue weighted by molar-refractivity contribution is 0.220. The first-order valence-electron chi connectivity index (χ1n) is 14.1. The average Bonchev–Trinajstić information content (AvgIpc) is 2.98. The molecule has 2 aromatic carbocycles. The van der Waals surface area contributed by atoms with Crippen LogP contribution < -0.4 is 10.9 Å². The van der Waals surface area contributed by atoms with Gasteiger partial charge in [0.25, 0.3) is 5.56 Å². The maximum Gasteiger partial charge on any atom is 0.260 e. The smallest absolute Gasteiger partial charge is 0.260 e. The number of pyridine rings is 1. The highest BCUT2D eigenvalue weighted by Crippen LogP contribution is 2.32. The Morgan fingerprint density at radius 3 is 2.60 bits per heavy atom. The van der Waals surface area contributed by atoms with Gasteiger partial charge in [0.15, 0.2) is 5.97 Å². The van der Waals surface area contributed by atoms with Gasteiger partial charge in [0, 0.05) is 52.6 Å². The number of halogens is 3. The maximum atomic E-state index is 15.1. The molecule has 1 N–H and O–H groups in total. The number of fused-ring (bicyclic) bond motifs is 1. The molecule has 218 valence electrons. The van der Waals surface area contributed by atoms with Crippen molar-refractivity contribution in [3.8, 4) is 11.1 Å². The quantitative estimate of drug-likeness (QED) is 0.208. The second kappa shape index (κ2) is 12.9. The number of aliphatic imine (C=N–C) groups is 1. The molecule has 1 fully saturated rings. The van der Waals surface area contributed by atoms with Gasteiger partial charge in [-0.1, -0.05) is 43.3 Å². The third-order valence-corrected chi connectivity index (χ3v) is 8.09. The van der Waals surface area contributed by atoms with Crippen molar-refractivity contribution in [3.63, 3.8) is 0 Å². The fourth-order valence-corrected chi connectivity index (χ4v) is 5.84. The normalized spacial score (nSPS) is 14.8. The number of piperidine rings is 1. The standard InChI is InChI=1S/C32H33ClF2N6O/c1-4-36-29(35)16-20-7-9-25(27(33)15-20)26-17-22-19-37-32(39-30(22)41(6-3)31(26)42)38-23-8-10-24(28(34)18-23)21-11-13-40(5-2)14-12-21/h4,7-10,15,17-19,21H,1,5-6,11-14,16H2,2-3H3,(H,37,38,39). The van der Waals surface area contributed by atoms with Gasteiger partial charge in [0.1, 0.15) is 11.5 Å². The van der Waals surface area contributed by atoms with Gasteiger partial charge in [-0.3, -0.25) is 9.36 Å². The van der Waals surface area contributed by atoms with E-state index in [0.717, 1.165) is 44.2 Å². The second-order valence-electron chi connectivity index (χ2n) is 10.3. The van der Waals surface area contributed by atoms with Crippen molar-refractivity contribution in [2.24, 2.45) is 4.99 Å². The minimum atomic E-state index is -0.583. The van der Waals surface area contributed by atoms with Crippen LogP contribution in [0.2, 0.25) is 5.02 Å². The lowest BCUT2D eigenvalue weighted by Crippen LogP contribution is -2.32. The molecule has 0 atom stereocenters. The molecule has 10 heteroatoms. The van der Waals surface area contributed by atoms with E-state index in [-0.39, 0.29) is 29.7 Å². The van der Waals surface area contributed by atoms with E-state index < -0.39 is 5.97 Å². The molecule has 4 aromatic rings. The number of nitrogens with one attached hydrogen (secondary N) is 1. The molecule has 0 radical (unpaired) electrons. The van der Waals surface area contributed by atoms with Crippen LogP contribution in [0.25, 0.3) is 22.2 Å². The fourth-order valence-electron chi connectivity index (χ4n) is 5.53. The SMILES string of the molecule is C=CN=C(F)Cc1ccc(-c2cc3cnc(Nc4ccc(C5CCN(CC)CC5)c(F)c4)nc3n(CC)c2=O)c(Cl)c1. The average molecular weight is 591 g/mol. The van der Waals surface area contributed by atoms with Gasteiger partial charge in [-0.2, -0.15) is 9.37 Å². The van der Waals surface area contributed by atoms with Crippen LogP contribution in [-0.2, 0) is 13.0 Å². The Hall–Kier alpha value is -3.95. The Balaban J connectivity index is 1.41. The lowest BCUT2D eigenvalue weighted by Gasteiger charge is -2.31. The van der Waals surface area contributed by atoms with Gasteiger partial charge in [0.05, 0.1) is 0 Å². The first kappa shape index (κ1) is 29.5. The van der Waals surface area contributed by atoms with E-state index in [9.17, 15) is 9.18 Å². The largest absolute Gasteiger partial charge is 0.324 e. The number of hydrogen-bond donors (Lipinski definition) is 1. The molecule has 0 bridgehead atoms. The minimum absolute atomic E-state index is 0.0303. The summed E-state index contributed by atoms with van der Waals surface area (Å²) in [4.78, 5) is 28.5. The summed E-state index contributed by atoms with van der Waals surface area (Å²) >= 11 is 6.54. The molecule has 0 unspecified atom stereocenters. The summed E-state index contributed by atoms with van der Waals surface area (Å²) in [6, 6.07) is 11.9. The number of aryl methyl sites for hydroxylation is 1. The third-order valence-electron chi connectivity index (χ3n) is 7.78. The van der Waals surface area contributed by atoms with Crippen LogP contribution in [-0.4, -0.2) is 45.0 Å². The number of hydrogen-bond acceptors (Lipinski definition) is 6. The van der Waals surface area contributed by atoms with E-state index in [1.54, 1.807) is 35.0 Å². The summed E-state index contributed by atoms with van der Waals surface area (Å²) in [6.07, 6.45) is 4.62. The van der Waals surface area contributed by atoms with Crippen molar-refractivity contribution >= 4 is 40.2 Å². The van der Waals surface area contributed by atoms with Gasteiger partial charge >= 0.3 is 0 Å². The Morgan fingerprint density at radius 2 is 1.93 bits per heavy atom. The van der Waals surface area contributed by atoms with Crippen molar-refractivity contribution in [2.45, 2.75) is 45.6 Å². The van der Waals surface area contributed by atoms with Crippen molar-refractivity contribution < 1.29 is 8.78 Å². The highest BCUT2D eigenvalue weighted by Gasteiger charge is 2.22. The van der Waals surface area contributed by atoms with E-state index in [1.165, 1.54) is 6.07 Å². The number of nitrogens with zero attached hydrogens (tertiary/aromatic N) is 5. The number of likely N-dealkylation sites (tertiary alicyclic amines) is 1. The Labute approximate surface area is 248 Å². The highest BCUT2D eigenvalue weighted by molar-refractivity contribution is 6.33. The molecule has 7 nitrogen and oxygen atoms in total. The molecule has 0 aliphatic carbocycles. The summed E-state index contributed by atoms with van der Waals surface area (Å²) in [6.45, 7) is 10.7. The zero-order valence-corrected chi connectivity index (χ0v) is 24.5. The van der Waals surface area contributed by atoms with E-state index in [4.69, 9.17) is 11.6 Å². The summed E-state index contributed by atoms with van der Waals surface area (Å²) in [7, 11) is 0. The van der Waals surface area contributed by atoms with Gasteiger partial charge < -0.3 is 10.2 Å². The summed E-state index contributed by atoms with van der Waals surface area (Å²) in [5.74, 6) is -0.361. The third kappa shape index (κ3) is 6.27.